The fraction of sp³-hybridized carbons (Fsp3) is 0.0714. The Morgan fingerprint density at radius 3 is 2.61 bits per heavy atom. The maximum Gasteiger partial charge on any atom is 0.228 e. The first kappa shape index (κ1) is 12.1. The molecule has 0 fully saturated rings. The second kappa shape index (κ2) is 5.31. The second-order valence-electron chi connectivity index (χ2n) is 3.95. The van der Waals surface area contributed by atoms with Crippen LogP contribution in [0.3, 0.4) is 0 Å². The van der Waals surface area contributed by atoms with Gasteiger partial charge in [-0.15, -0.1) is 0 Å². The van der Waals surface area contributed by atoms with E-state index in [0.29, 0.717) is 5.69 Å². The molecule has 0 radical (unpaired) electrons. The summed E-state index contributed by atoms with van der Waals surface area (Å²) in [5.41, 5.74) is 6.93. The molecule has 0 aromatic heterocycles. The number of benzene rings is 2. The highest BCUT2D eigenvalue weighted by Crippen LogP contribution is 2.17. The van der Waals surface area contributed by atoms with Crippen molar-refractivity contribution >= 4 is 17.3 Å². The largest absolute Gasteiger partial charge is 0.399 e. The number of hydrogen-bond donors (Lipinski definition) is 2. The third-order valence-electron chi connectivity index (χ3n) is 2.47. The lowest BCUT2D eigenvalue weighted by atomic mass is 10.1. The van der Waals surface area contributed by atoms with Gasteiger partial charge in [0.1, 0.15) is 5.82 Å². The van der Waals surface area contributed by atoms with Gasteiger partial charge in [0.2, 0.25) is 5.91 Å². The first-order chi connectivity index (χ1) is 8.65. The fourth-order valence-electron chi connectivity index (χ4n) is 1.61. The van der Waals surface area contributed by atoms with Crippen LogP contribution in [0.5, 0.6) is 0 Å². The van der Waals surface area contributed by atoms with Gasteiger partial charge in [-0.3, -0.25) is 4.79 Å². The molecule has 4 heteroatoms. The Balaban J connectivity index is 2.05. The van der Waals surface area contributed by atoms with Crippen molar-refractivity contribution in [2.24, 2.45) is 0 Å². The van der Waals surface area contributed by atoms with Gasteiger partial charge < -0.3 is 11.1 Å². The van der Waals surface area contributed by atoms with E-state index in [-0.39, 0.29) is 18.0 Å². The van der Waals surface area contributed by atoms with E-state index in [1.165, 1.54) is 18.2 Å². The van der Waals surface area contributed by atoms with E-state index >= 15 is 0 Å². The molecule has 2 aromatic carbocycles. The average molecular weight is 244 g/mol. The second-order valence-corrected chi connectivity index (χ2v) is 3.95. The maximum absolute atomic E-state index is 13.4. The minimum Gasteiger partial charge on any atom is -0.399 e. The van der Waals surface area contributed by atoms with Crippen LogP contribution in [0, 0.1) is 5.82 Å². The van der Waals surface area contributed by atoms with Gasteiger partial charge in [-0.1, -0.05) is 30.3 Å². The number of anilines is 2. The van der Waals surface area contributed by atoms with Crippen molar-refractivity contribution in [2.75, 3.05) is 11.1 Å². The van der Waals surface area contributed by atoms with Gasteiger partial charge in [-0.2, -0.15) is 0 Å². The van der Waals surface area contributed by atoms with Crippen LogP contribution in [0.2, 0.25) is 0 Å². The van der Waals surface area contributed by atoms with E-state index in [0.717, 1.165) is 5.56 Å². The standard InChI is InChI=1S/C14H13FN2O/c15-12-7-6-11(16)9-13(12)17-14(18)8-10-4-2-1-3-5-10/h1-7,9H,8,16H2,(H,17,18). The van der Waals surface area contributed by atoms with Crippen LogP contribution in [-0.2, 0) is 11.2 Å². The van der Waals surface area contributed by atoms with Crippen molar-refractivity contribution in [3.8, 4) is 0 Å². The van der Waals surface area contributed by atoms with Crippen molar-refractivity contribution in [3.05, 3.63) is 59.9 Å². The van der Waals surface area contributed by atoms with Crippen LogP contribution in [0.4, 0.5) is 15.8 Å². The van der Waals surface area contributed by atoms with Crippen molar-refractivity contribution in [1.82, 2.24) is 0 Å². The molecular weight excluding hydrogens is 231 g/mol. The van der Waals surface area contributed by atoms with E-state index in [4.69, 9.17) is 5.73 Å². The summed E-state index contributed by atoms with van der Waals surface area (Å²) in [5.74, 6) is -0.767. The first-order valence-electron chi connectivity index (χ1n) is 5.54. The lowest BCUT2D eigenvalue weighted by Crippen LogP contribution is -2.15. The molecule has 0 saturated heterocycles. The number of carbonyl (C=O) groups excluding carboxylic acids is 1. The summed E-state index contributed by atoms with van der Waals surface area (Å²) in [6, 6.07) is 13.3. The zero-order valence-corrected chi connectivity index (χ0v) is 9.69. The van der Waals surface area contributed by atoms with Gasteiger partial charge in [0.15, 0.2) is 0 Å². The Morgan fingerprint density at radius 1 is 1.17 bits per heavy atom. The Kier molecular flexibility index (Phi) is 3.57. The summed E-state index contributed by atoms with van der Waals surface area (Å²) >= 11 is 0. The minimum absolute atomic E-state index is 0.107. The molecule has 2 rings (SSSR count). The highest BCUT2D eigenvalue weighted by Gasteiger charge is 2.07. The highest BCUT2D eigenvalue weighted by atomic mass is 19.1. The van der Waals surface area contributed by atoms with Gasteiger partial charge in [0.05, 0.1) is 12.1 Å². The van der Waals surface area contributed by atoms with Crippen molar-refractivity contribution < 1.29 is 9.18 Å². The molecule has 0 aliphatic rings. The lowest BCUT2D eigenvalue weighted by Gasteiger charge is -2.07. The average Bonchev–Trinajstić information content (AvgIpc) is 2.35. The Labute approximate surface area is 104 Å². The summed E-state index contributed by atoms with van der Waals surface area (Å²) in [7, 11) is 0. The summed E-state index contributed by atoms with van der Waals surface area (Å²) in [6.07, 6.45) is 0.203. The number of hydrogen-bond acceptors (Lipinski definition) is 2. The normalized spacial score (nSPS) is 10.1. The highest BCUT2D eigenvalue weighted by molar-refractivity contribution is 5.92. The van der Waals surface area contributed by atoms with E-state index in [2.05, 4.69) is 5.32 Å². The molecule has 3 N–H and O–H groups in total. The summed E-state index contributed by atoms with van der Waals surface area (Å²) < 4.78 is 13.4. The molecule has 0 unspecified atom stereocenters. The molecule has 0 heterocycles. The topological polar surface area (TPSA) is 55.1 Å². The number of carbonyl (C=O) groups is 1. The summed E-state index contributed by atoms with van der Waals surface area (Å²) in [5, 5.41) is 2.51. The Morgan fingerprint density at radius 2 is 1.89 bits per heavy atom. The molecule has 92 valence electrons. The maximum atomic E-state index is 13.4. The molecule has 3 nitrogen and oxygen atoms in total. The predicted molar refractivity (Wildman–Crippen MR) is 69.6 cm³/mol. The van der Waals surface area contributed by atoms with Crippen molar-refractivity contribution in [3.63, 3.8) is 0 Å². The van der Waals surface area contributed by atoms with E-state index in [1.54, 1.807) is 0 Å². The Hall–Kier alpha value is -2.36. The van der Waals surface area contributed by atoms with Crippen LogP contribution < -0.4 is 11.1 Å². The molecule has 18 heavy (non-hydrogen) atoms. The van der Waals surface area contributed by atoms with Crippen molar-refractivity contribution in [2.45, 2.75) is 6.42 Å². The third-order valence-corrected chi connectivity index (χ3v) is 2.47. The lowest BCUT2D eigenvalue weighted by molar-refractivity contribution is -0.115. The van der Waals surface area contributed by atoms with Gasteiger partial charge in [0.25, 0.3) is 0 Å². The predicted octanol–water partition coefficient (Wildman–Crippen LogP) is 2.59. The number of halogens is 1. The zero-order valence-electron chi connectivity index (χ0n) is 9.69. The molecule has 2 aromatic rings. The van der Waals surface area contributed by atoms with Gasteiger partial charge >= 0.3 is 0 Å². The number of nitrogen functional groups attached to an aromatic ring is 1. The molecule has 0 saturated carbocycles. The zero-order chi connectivity index (χ0) is 13.0. The molecule has 0 bridgehead atoms. The fourth-order valence-corrected chi connectivity index (χ4v) is 1.61. The quantitative estimate of drug-likeness (QED) is 0.815. The number of nitrogens with one attached hydrogen (secondary N) is 1. The Bertz CT molecular complexity index is 555. The number of nitrogens with two attached hydrogens (primary N) is 1. The van der Waals surface area contributed by atoms with E-state index in [1.807, 2.05) is 30.3 Å². The van der Waals surface area contributed by atoms with Crippen LogP contribution in [0.25, 0.3) is 0 Å². The third kappa shape index (κ3) is 3.07. The molecule has 0 spiro atoms. The minimum atomic E-state index is -0.495. The van der Waals surface area contributed by atoms with Crippen LogP contribution in [0.1, 0.15) is 5.56 Å². The molecule has 0 atom stereocenters. The van der Waals surface area contributed by atoms with Crippen LogP contribution >= 0.6 is 0 Å². The molecular formula is C14H13FN2O. The number of amides is 1. The monoisotopic (exact) mass is 244 g/mol. The first-order valence-corrected chi connectivity index (χ1v) is 5.54. The summed E-state index contributed by atoms with van der Waals surface area (Å²) in [4.78, 5) is 11.7. The van der Waals surface area contributed by atoms with E-state index in [9.17, 15) is 9.18 Å². The van der Waals surface area contributed by atoms with Gasteiger partial charge in [0, 0.05) is 5.69 Å². The van der Waals surface area contributed by atoms with Gasteiger partial charge in [-0.05, 0) is 23.8 Å². The molecule has 1 amide bonds. The molecule has 0 aliphatic carbocycles. The molecule has 0 aliphatic heterocycles. The van der Waals surface area contributed by atoms with Crippen molar-refractivity contribution in [1.29, 1.82) is 0 Å². The SMILES string of the molecule is Nc1ccc(F)c(NC(=O)Cc2ccccc2)c1. The van der Waals surface area contributed by atoms with E-state index < -0.39 is 5.82 Å². The van der Waals surface area contributed by atoms with Gasteiger partial charge in [-0.25, -0.2) is 4.39 Å². The summed E-state index contributed by atoms with van der Waals surface area (Å²) in [6.45, 7) is 0. The van der Waals surface area contributed by atoms with Crippen LogP contribution in [0.15, 0.2) is 48.5 Å². The smallest absolute Gasteiger partial charge is 0.228 e. The van der Waals surface area contributed by atoms with Crippen LogP contribution in [-0.4, -0.2) is 5.91 Å². The number of rotatable bonds is 3.